The van der Waals surface area contributed by atoms with Crippen molar-refractivity contribution >= 4 is 41.2 Å². The number of nitrogens with zero attached hydrogens (tertiary/aromatic N) is 4. The van der Waals surface area contributed by atoms with Gasteiger partial charge in [0.1, 0.15) is 5.82 Å². The maximum absolute atomic E-state index is 13.8. The largest absolute Gasteiger partial charge is 0.353 e. The van der Waals surface area contributed by atoms with Gasteiger partial charge >= 0.3 is 0 Å². The molecule has 45 heavy (non-hydrogen) atoms. The van der Waals surface area contributed by atoms with Gasteiger partial charge in [-0.1, -0.05) is 6.92 Å². The molecule has 4 heterocycles. The predicted octanol–water partition coefficient (Wildman–Crippen LogP) is 5.58. The SMILES string of the molecule is CC[C@H](C)n1cc(C)c2c(C(=O)NCc3c(C)cc(C)[nH]c3=O)cc(-c3ccc(N4CCN(C(=O)CCCS)CC4)nc3)cc21. The summed E-state index contributed by atoms with van der Waals surface area (Å²) >= 11 is 4.22. The zero-order chi connectivity index (χ0) is 32.2. The number of rotatable bonds is 10. The van der Waals surface area contributed by atoms with Crippen LogP contribution in [-0.2, 0) is 11.3 Å². The van der Waals surface area contributed by atoms with E-state index in [2.05, 4.69) is 58.5 Å². The van der Waals surface area contributed by atoms with E-state index in [9.17, 15) is 14.4 Å². The molecule has 0 aliphatic carbocycles. The third-order valence-corrected chi connectivity index (χ3v) is 9.26. The Labute approximate surface area is 270 Å². The van der Waals surface area contributed by atoms with Crippen molar-refractivity contribution < 1.29 is 9.59 Å². The fraction of sp³-hybridized carbons (Fsp3) is 0.429. The Hall–Kier alpha value is -4.05. The Morgan fingerprint density at radius 3 is 2.44 bits per heavy atom. The highest BCUT2D eigenvalue weighted by Crippen LogP contribution is 2.34. The minimum absolute atomic E-state index is 0.140. The quantitative estimate of drug-likeness (QED) is 0.199. The summed E-state index contributed by atoms with van der Waals surface area (Å²) in [7, 11) is 0. The average molecular weight is 629 g/mol. The van der Waals surface area contributed by atoms with E-state index in [0.29, 0.717) is 30.6 Å². The van der Waals surface area contributed by atoms with Crippen molar-refractivity contribution in [2.24, 2.45) is 0 Å². The second-order valence-electron chi connectivity index (χ2n) is 12.1. The summed E-state index contributed by atoms with van der Waals surface area (Å²) in [6, 6.07) is 10.3. The Kier molecular flexibility index (Phi) is 10.0. The van der Waals surface area contributed by atoms with Gasteiger partial charge in [0.15, 0.2) is 0 Å². The van der Waals surface area contributed by atoms with E-state index < -0.39 is 0 Å². The highest BCUT2D eigenvalue weighted by Gasteiger charge is 2.23. The molecule has 1 fully saturated rings. The van der Waals surface area contributed by atoms with E-state index in [1.54, 1.807) is 0 Å². The summed E-state index contributed by atoms with van der Waals surface area (Å²) in [4.78, 5) is 50.6. The van der Waals surface area contributed by atoms with Gasteiger partial charge in [-0.25, -0.2) is 4.98 Å². The van der Waals surface area contributed by atoms with Crippen molar-refractivity contribution in [3.63, 3.8) is 0 Å². The van der Waals surface area contributed by atoms with Gasteiger partial charge < -0.3 is 24.7 Å². The number of nitrogens with one attached hydrogen (secondary N) is 2. The normalized spacial score (nSPS) is 14.2. The Morgan fingerprint density at radius 1 is 1.04 bits per heavy atom. The van der Waals surface area contributed by atoms with E-state index in [-0.39, 0.29) is 30.0 Å². The standard InChI is InChI=1S/C35H44N6O3S/c1-6-25(5)41-21-23(3)33-28(34(43)37-20-29-22(2)16-24(4)38-35(29)44)17-27(18-30(33)41)26-9-10-31(36-19-26)39-11-13-40(14-12-39)32(42)8-7-15-45/h9-10,16-19,21,25,45H,6-8,11-15,20H2,1-5H3,(H,37,43)(H,38,44)/t25-/m0/s1. The number of pyridine rings is 2. The minimum atomic E-state index is -0.224. The number of aryl methyl sites for hydroxylation is 3. The van der Waals surface area contributed by atoms with Gasteiger partial charge in [0, 0.05) is 90.9 Å². The molecule has 3 aromatic heterocycles. The molecule has 0 bridgehead atoms. The zero-order valence-corrected chi connectivity index (χ0v) is 27.8. The number of hydrogen-bond donors (Lipinski definition) is 3. The minimum Gasteiger partial charge on any atom is -0.353 e. The van der Waals surface area contributed by atoms with E-state index >= 15 is 0 Å². The number of thiol groups is 1. The van der Waals surface area contributed by atoms with Gasteiger partial charge in [0.2, 0.25) is 5.91 Å². The molecule has 5 rings (SSSR count). The number of carbonyl (C=O) groups is 2. The lowest BCUT2D eigenvalue weighted by Crippen LogP contribution is -2.49. The molecule has 2 amide bonds. The summed E-state index contributed by atoms with van der Waals surface area (Å²) < 4.78 is 2.25. The van der Waals surface area contributed by atoms with Crippen molar-refractivity contribution in [2.75, 3.05) is 36.8 Å². The van der Waals surface area contributed by atoms with Crippen LogP contribution in [0.3, 0.4) is 0 Å². The number of aromatic amines is 1. The van der Waals surface area contributed by atoms with Crippen LogP contribution in [0.5, 0.6) is 0 Å². The monoisotopic (exact) mass is 628 g/mol. The maximum atomic E-state index is 13.8. The van der Waals surface area contributed by atoms with Crippen LogP contribution in [0.25, 0.3) is 22.0 Å². The number of aromatic nitrogens is 3. The molecular formula is C35H44N6O3S. The van der Waals surface area contributed by atoms with Crippen molar-refractivity contribution in [3.8, 4) is 11.1 Å². The summed E-state index contributed by atoms with van der Waals surface area (Å²) in [6.45, 7) is 13.1. The molecule has 1 aromatic carbocycles. The highest BCUT2D eigenvalue weighted by atomic mass is 32.1. The smallest absolute Gasteiger partial charge is 0.253 e. The van der Waals surface area contributed by atoms with Crippen molar-refractivity contribution in [1.82, 2.24) is 24.8 Å². The molecule has 10 heteroatoms. The molecule has 0 radical (unpaired) electrons. The van der Waals surface area contributed by atoms with Crippen LogP contribution >= 0.6 is 12.6 Å². The first-order valence-corrected chi connectivity index (χ1v) is 16.5. The van der Waals surface area contributed by atoms with Gasteiger partial charge in [-0.3, -0.25) is 14.4 Å². The van der Waals surface area contributed by atoms with E-state index in [1.165, 1.54) is 0 Å². The number of piperazine rings is 1. The molecule has 0 spiro atoms. The second-order valence-corrected chi connectivity index (χ2v) is 12.6. The highest BCUT2D eigenvalue weighted by molar-refractivity contribution is 7.80. The van der Waals surface area contributed by atoms with E-state index in [0.717, 1.165) is 76.4 Å². The lowest BCUT2D eigenvalue weighted by Gasteiger charge is -2.35. The molecule has 1 saturated heterocycles. The molecule has 0 saturated carbocycles. The fourth-order valence-electron chi connectivity index (χ4n) is 6.18. The number of carbonyl (C=O) groups excluding carboxylic acids is 2. The summed E-state index contributed by atoms with van der Waals surface area (Å²) in [5, 5.41) is 3.93. The summed E-state index contributed by atoms with van der Waals surface area (Å²) in [6.07, 6.45) is 6.28. The van der Waals surface area contributed by atoms with Crippen molar-refractivity contribution in [3.05, 3.63) is 81.0 Å². The van der Waals surface area contributed by atoms with Crippen LogP contribution in [-0.4, -0.2) is 63.2 Å². The summed E-state index contributed by atoms with van der Waals surface area (Å²) in [5.41, 5.74) is 6.43. The van der Waals surface area contributed by atoms with E-state index in [4.69, 9.17) is 4.98 Å². The molecular weight excluding hydrogens is 584 g/mol. The van der Waals surface area contributed by atoms with Crippen molar-refractivity contribution in [2.45, 2.75) is 66.5 Å². The van der Waals surface area contributed by atoms with Crippen LogP contribution in [0, 0.1) is 20.8 Å². The molecule has 238 valence electrons. The molecule has 4 aromatic rings. The van der Waals surface area contributed by atoms with Gasteiger partial charge in [-0.15, -0.1) is 0 Å². The maximum Gasteiger partial charge on any atom is 0.253 e. The number of fused-ring (bicyclic) bond motifs is 1. The molecule has 2 N–H and O–H groups in total. The first-order chi connectivity index (χ1) is 21.6. The fourth-order valence-corrected chi connectivity index (χ4v) is 6.34. The topological polar surface area (TPSA) is 103 Å². The van der Waals surface area contributed by atoms with Gasteiger partial charge in [-0.05, 0) is 93.3 Å². The third-order valence-electron chi connectivity index (χ3n) is 8.94. The van der Waals surface area contributed by atoms with E-state index in [1.807, 2.05) is 56.1 Å². The predicted molar refractivity (Wildman–Crippen MR) is 184 cm³/mol. The average Bonchev–Trinajstić information content (AvgIpc) is 3.38. The number of hydrogen-bond acceptors (Lipinski definition) is 6. The first kappa shape index (κ1) is 32.3. The van der Waals surface area contributed by atoms with Crippen LogP contribution in [0.1, 0.15) is 71.9 Å². The van der Waals surface area contributed by atoms with Gasteiger partial charge in [0.25, 0.3) is 11.5 Å². The Bertz CT molecular complexity index is 1750. The van der Waals surface area contributed by atoms with Crippen LogP contribution in [0.4, 0.5) is 5.82 Å². The molecule has 0 unspecified atom stereocenters. The molecule has 1 aliphatic heterocycles. The number of H-pyrrole nitrogens is 1. The lowest BCUT2D eigenvalue weighted by molar-refractivity contribution is -0.131. The Balaban J connectivity index is 1.43. The molecule has 1 aliphatic rings. The number of benzene rings is 1. The second kappa shape index (κ2) is 13.9. The first-order valence-electron chi connectivity index (χ1n) is 15.8. The molecule has 1 atom stereocenters. The van der Waals surface area contributed by atoms with Crippen LogP contribution in [0.2, 0.25) is 0 Å². The van der Waals surface area contributed by atoms with Gasteiger partial charge in [-0.2, -0.15) is 12.6 Å². The van der Waals surface area contributed by atoms with Crippen LogP contribution in [0.15, 0.2) is 47.5 Å². The lowest BCUT2D eigenvalue weighted by atomic mass is 9.98. The zero-order valence-electron chi connectivity index (χ0n) is 26.9. The summed E-state index contributed by atoms with van der Waals surface area (Å²) in [5.74, 6) is 1.56. The Morgan fingerprint density at radius 2 is 1.80 bits per heavy atom. The van der Waals surface area contributed by atoms with Gasteiger partial charge in [0.05, 0.1) is 0 Å². The molecule has 9 nitrogen and oxygen atoms in total. The third kappa shape index (κ3) is 6.96. The van der Waals surface area contributed by atoms with Crippen LogP contribution < -0.4 is 15.8 Å². The van der Waals surface area contributed by atoms with Crippen molar-refractivity contribution in [1.29, 1.82) is 0 Å². The number of anilines is 1. The number of amides is 2.